The van der Waals surface area contributed by atoms with Crippen LogP contribution in [0.4, 0.5) is 0 Å². The number of nitrogens with zero attached hydrogens (tertiary/aromatic N) is 2. The van der Waals surface area contributed by atoms with Crippen LogP contribution in [0.2, 0.25) is 0 Å². The second kappa shape index (κ2) is 10.4. The molecule has 1 unspecified atom stereocenters. The van der Waals surface area contributed by atoms with Crippen LogP contribution in [-0.2, 0) is 4.57 Å². The van der Waals surface area contributed by atoms with Crippen LogP contribution in [0.5, 0.6) is 11.5 Å². The zero-order valence-electron chi connectivity index (χ0n) is 20.5. The third-order valence-corrected chi connectivity index (χ3v) is 8.36. The average molecular weight is 517 g/mol. The van der Waals surface area contributed by atoms with Gasteiger partial charge in [-0.1, -0.05) is 103 Å². The van der Waals surface area contributed by atoms with Crippen LogP contribution in [0.25, 0.3) is 16.6 Å². The molecule has 0 saturated heterocycles. The van der Waals surface area contributed by atoms with Gasteiger partial charge in [-0.15, -0.1) is 0 Å². The molecule has 186 valence electrons. The highest BCUT2D eigenvalue weighted by Crippen LogP contribution is 2.63. The van der Waals surface area contributed by atoms with Crippen molar-refractivity contribution in [2.75, 3.05) is 0 Å². The molecule has 0 spiro atoms. The van der Waals surface area contributed by atoms with Crippen molar-refractivity contribution in [2.45, 2.75) is 5.66 Å². The van der Waals surface area contributed by atoms with E-state index in [-0.39, 0.29) is 0 Å². The smallest absolute Gasteiger partial charge is 0.415 e. The lowest BCUT2D eigenvalue weighted by Crippen LogP contribution is -2.16. The molecule has 0 aliphatic carbocycles. The van der Waals surface area contributed by atoms with Crippen LogP contribution in [0.1, 0.15) is 16.9 Å². The fourth-order valence-electron chi connectivity index (χ4n) is 4.59. The van der Waals surface area contributed by atoms with E-state index in [1.54, 1.807) is 24.3 Å². The SMILES string of the molecule is O=P(Oc1ccccc1)(Oc1ccccc1)C(c1ccccc1)c1c2ccccc2nn1-c1ccccc1. The summed E-state index contributed by atoms with van der Waals surface area (Å²) in [5.41, 5.74) is 2.37. The lowest BCUT2D eigenvalue weighted by atomic mass is 10.1. The average Bonchev–Trinajstić information content (AvgIpc) is 3.34. The highest BCUT2D eigenvalue weighted by molar-refractivity contribution is 7.55. The van der Waals surface area contributed by atoms with E-state index in [2.05, 4.69) is 0 Å². The Morgan fingerprint density at radius 1 is 0.579 bits per heavy atom. The predicted octanol–water partition coefficient (Wildman–Crippen LogP) is 8.47. The molecule has 0 bridgehead atoms. The van der Waals surface area contributed by atoms with Gasteiger partial charge in [-0.05, 0) is 48.0 Å². The summed E-state index contributed by atoms with van der Waals surface area (Å²) in [6.07, 6.45) is 0. The molecule has 6 rings (SSSR count). The third-order valence-electron chi connectivity index (χ3n) is 6.26. The normalized spacial score (nSPS) is 12.2. The first kappa shape index (κ1) is 23.8. The highest BCUT2D eigenvalue weighted by Gasteiger charge is 2.45. The molecule has 0 fully saturated rings. The van der Waals surface area contributed by atoms with E-state index in [1.807, 2.05) is 126 Å². The Bertz CT molecular complexity index is 1640. The van der Waals surface area contributed by atoms with Crippen LogP contribution in [0.3, 0.4) is 0 Å². The molecule has 38 heavy (non-hydrogen) atoms. The second-order valence-corrected chi connectivity index (χ2v) is 10.8. The van der Waals surface area contributed by atoms with Crippen LogP contribution in [0, 0.1) is 0 Å². The first-order valence-corrected chi connectivity index (χ1v) is 14.0. The molecule has 0 amide bonds. The first-order chi connectivity index (χ1) is 18.7. The summed E-state index contributed by atoms with van der Waals surface area (Å²) >= 11 is 0. The van der Waals surface area contributed by atoms with Gasteiger partial charge in [0.15, 0.2) is 5.66 Å². The molecular formula is C32H25N2O3P. The summed E-state index contributed by atoms with van der Waals surface area (Å²) in [7, 11) is -4.00. The molecule has 1 heterocycles. The lowest BCUT2D eigenvalue weighted by Gasteiger charge is -2.29. The van der Waals surface area contributed by atoms with E-state index in [4.69, 9.17) is 14.1 Å². The van der Waals surface area contributed by atoms with Gasteiger partial charge in [-0.25, -0.2) is 9.25 Å². The number of benzene rings is 5. The van der Waals surface area contributed by atoms with Crippen molar-refractivity contribution < 1.29 is 13.6 Å². The molecular weight excluding hydrogens is 491 g/mol. The van der Waals surface area contributed by atoms with Crippen molar-refractivity contribution in [1.82, 2.24) is 9.78 Å². The molecule has 6 heteroatoms. The minimum absolute atomic E-state index is 0.461. The molecule has 1 aromatic heterocycles. The number of para-hydroxylation sites is 3. The van der Waals surface area contributed by atoms with Crippen molar-refractivity contribution in [3.63, 3.8) is 0 Å². The molecule has 5 aromatic carbocycles. The first-order valence-electron chi connectivity index (χ1n) is 12.4. The summed E-state index contributed by atoms with van der Waals surface area (Å²) in [5, 5.41) is 5.82. The van der Waals surface area contributed by atoms with Gasteiger partial charge in [0.25, 0.3) is 0 Å². The van der Waals surface area contributed by atoms with E-state index in [0.717, 1.165) is 27.8 Å². The van der Waals surface area contributed by atoms with Gasteiger partial charge in [0.2, 0.25) is 0 Å². The van der Waals surface area contributed by atoms with Crippen LogP contribution < -0.4 is 9.05 Å². The van der Waals surface area contributed by atoms with Crippen LogP contribution >= 0.6 is 7.60 Å². The zero-order chi connectivity index (χ0) is 25.8. The van der Waals surface area contributed by atoms with E-state index in [9.17, 15) is 0 Å². The van der Waals surface area contributed by atoms with E-state index in [0.29, 0.717) is 11.5 Å². The lowest BCUT2D eigenvalue weighted by molar-refractivity contribution is 0.376. The molecule has 6 aromatic rings. The Labute approximate surface area is 221 Å². The Morgan fingerprint density at radius 2 is 1.05 bits per heavy atom. The molecule has 0 aliphatic rings. The molecule has 0 N–H and O–H groups in total. The maximum Gasteiger partial charge on any atom is 0.444 e. The van der Waals surface area contributed by atoms with Gasteiger partial charge < -0.3 is 9.05 Å². The van der Waals surface area contributed by atoms with Crippen molar-refractivity contribution in [3.8, 4) is 17.2 Å². The summed E-state index contributed by atoms with van der Waals surface area (Å²) in [6, 6.07) is 45.8. The van der Waals surface area contributed by atoms with Gasteiger partial charge in [-0.2, -0.15) is 5.10 Å². The summed E-state index contributed by atoms with van der Waals surface area (Å²) in [4.78, 5) is 0. The second-order valence-electron chi connectivity index (χ2n) is 8.81. The maximum atomic E-state index is 15.3. The van der Waals surface area contributed by atoms with Gasteiger partial charge in [0, 0.05) is 5.39 Å². The third kappa shape index (κ3) is 4.72. The standard InChI is InChI=1S/C32H25N2O3P/c35-38(36-27-19-9-3-10-20-27,37-28-21-11-4-12-22-28)32(25-15-5-1-6-16-25)31-29-23-13-14-24-30(29)33-34(31)26-17-7-2-8-18-26/h1-24,32H. The zero-order valence-corrected chi connectivity index (χ0v) is 21.4. The van der Waals surface area contributed by atoms with Gasteiger partial charge in [-0.3, -0.25) is 0 Å². The fraction of sp³-hybridized carbons (Fsp3) is 0.0312. The van der Waals surface area contributed by atoms with Gasteiger partial charge in [0.05, 0.1) is 16.9 Å². The predicted molar refractivity (Wildman–Crippen MR) is 151 cm³/mol. The summed E-state index contributed by atoms with van der Waals surface area (Å²) in [5.74, 6) is 0.922. The molecule has 5 nitrogen and oxygen atoms in total. The Morgan fingerprint density at radius 3 is 1.63 bits per heavy atom. The van der Waals surface area contributed by atoms with E-state index < -0.39 is 13.3 Å². The number of hydrogen-bond donors (Lipinski definition) is 0. The monoisotopic (exact) mass is 516 g/mol. The van der Waals surface area contributed by atoms with Crippen LogP contribution in [0.15, 0.2) is 146 Å². The number of fused-ring (bicyclic) bond motifs is 1. The highest BCUT2D eigenvalue weighted by atomic mass is 31.2. The number of rotatable bonds is 8. The van der Waals surface area contributed by atoms with E-state index in [1.165, 1.54) is 0 Å². The van der Waals surface area contributed by atoms with Gasteiger partial charge in [0.1, 0.15) is 11.5 Å². The van der Waals surface area contributed by atoms with Crippen molar-refractivity contribution >= 4 is 18.5 Å². The van der Waals surface area contributed by atoms with Crippen LogP contribution in [-0.4, -0.2) is 9.78 Å². The van der Waals surface area contributed by atoms with Crippen molar-refractivity contribution in [3.05, 3.63) is 157 Å². The Hall–Kier alpha value is -4.60. The Balaban J connectivity index is 1.64. The van der Waals surface area contributed by atoms with Crippen molar-refractivity contribution in [2.24, 2.45) is 0 Å². The quantitative estimate of drug-likeness (QED) is 0.190. The molecule has 1 atom stereocenters. The largest absolute Gasteiger partial charge is 0.444 e. The summed E-state index contributed by atoms with van der Waals surface area (Å²) in [6.45, 7) is 0. The number of aromatic nitrogens is 2. The van der Waals surface area contributed by atoms with Crippen molar-refractivity contribution in [1.29, 1.82) is 0 Å². The fourth-order valence-corrected chi connectivity index (χ4v) is 6.75. The number of hydrogen-bond acceptors (Lipinski definition) is 4. The Kier molecular flexibility index (Phi) is 6.51. The topological polar surface area (TPSA) is 53.4 Å². The molecule has 0 radical (unpaired) electrons. The van der Waals surface area contributed by atoms with Gasteiger partial charge >= 0.3 is 7.60 Å². The summed E-state index contributed by atoms with van der Waals surface area (Å²) < 4.78 is 29.9. The maximum absolute atomic E-state index is 15.3. The minimum atomic E-state index is -4.00. The van der Waals surface area contributed by atoms with E-state index >= 15 is 4.57 Å². The minimum Gasteiger partial charge on any atom is -0.415 e. The molecule has 0 saturated carbocycles. The molecule has 0 aliphatic heterocycles.